The van der Waals surface area contributed by atoms with Gasteiger partial charge >= 0.3 is 5.97 Å². The van der Waals surface area contributed by atoms with E-state index in [0.29, 0.717) is 19.0 Å². The number of carbonyl (C=O) groups is 1. The topological polar surface area (TPSA) is 79.2 Å². The van der Waals surface area contributed by atoms with Crippen LogP contribution in [0.1, 0.15) is 39.1 Å². The first-order valence-corrected chi connectivity index (χ1v) is 6.73. The summed E-state index contributed by atoms with van der Waals surface area (Å²) < 4.78 is 0. The largest absolute Gasteiger partial charge is 0.481 e. The van der Waals surface area contributed by atoms with Gasteiger partial charge < -0.3 is 10.0 Å². The minimum absolute atomic E-state index is 0.391. The lowest BCUT2D eigenvalue weighted by Gasteiger charge is -2.22. The van der Waals surface area contributed by atoms with Gasteiger partial charge in [-0.1, -0.05) is 20.8 Å². The molecule has 0 saturated heterocycles. The Morgan fingerprint density at radius 1 is 1.21 bits per heavy atom. The van der Waals surface area contributed by atoms with Gasteiger partial charge in [-0.05, 0) is 19.8 Å². The second kappa shape index (κ2) is 7.01. The van der Waals surface area contributed by atoms with E-state index in [1.54, 1.807) is 6.92 Å². The van der Waals surface area contributed by atoms with E-state index in [9.17, 15) is 4.79 Å². The first-order valence-electron chi connectivity index (χ1n) is 6.73. The average Bonchev–Trinajstić information content (AvgIpc) is 2.43. The number of carboxylic acid groups (broad SMARTS) is 1. The lowest BCUT2D eigenvalue weighted by Crippen LogP contribution is -2.33. The van der Waals surface area contributed by atoms with Gasteiger partial charge in [-0.2, -0.15) is 5.10 Å². The molecular weight excluding hydrogens is 244 g/mol. The van der Waals surface area contributed by atoms with Crippen molar-refractivity contribution in [1.29, 1.82) is 0 Å². The summed E-state index contributed by atoms with van der Waals surface area (Å²) in [4.78, 5) is 17.3. The quantitative estimate of drug-likeness (QED) is 0.806. The summed E-state index contributed by atoms with van der Waals surface area (Å²) in [5.74, 6) is -0.753. The molecule has 0 amide bonds. The fraction of sp³-hybridized carbons (Fsp3) is 0.692. The highest BCUT2D eigenvalue weighted by molar-refractivity contribution is 5.70. The molecule has 1 heterocycles. The van der Waals surface area contributed by atoms with E-state index in [1.807, 2.05) is 25.7 Å². The van der Waals surface area contributed by atoms with Crippen molar-refractivity contribution in [3.63, 3.8) is 0 Å². The number of hydrogen-bond acceptors (Lipinski definition) is 5. The maximum absolute atomic E-state index is 10.9. The van der Waals surface area contributed by atoms with Crippen LogP contribution in [0.25, 0.3) is 0 Å². The molecule has 1 aromatic rings. The maximum Gasteiger partial charge on any atom is 0.308 e. The second-order valence-electron chi connectivity index (χ2n) is 4.49. The normalized spacial score (nSPS) is 12.2. The van der Waals surface area contributed by atoms with Gasteiger partial charge in [-0.15, -0.1) is 5.10 Å². The third-order valence-corrected chi connectivity index (χ3v) is 3.08. The molecule has 0 bridgehead atoms. The molecule has 0 aliphatic carbocycles. The number of carboxylic acids is 1. The van der Waals surface area contributed by atoms with Crippen LogP contribution in [-0.2, 0) is 17.6 Å². The number of aryl methyl sites for hydroxylation is 2. The van der Waals surface area contributed by atoms with Crippen molar-refractivity contribution in [2.75, 3.05) is 18.0 Å². The molecule has 1 atom stereocenters. The van der Waals surface area contributed by atoms with Gasteiger partial charge in [0.1, 0.15) is 0 Å². The van der Waals surface area contributed by atoms with Crippen LogP contribution in [0.4, 0.5) is 5.95 Å². The predicted octanol–water partition coefficient (Wildman–Crippen LogP) is 1.54. The molecule has 0 fully saturated rings. The minimum Gasteiger partial charge on any atom is -0.481 e. The van der Waals surface area contributed by atoms with Gasteiger partial charge in [0.05, 0.1) is 17.3 Å². The molecule has 0 radical (unpaired) electrons. The van der Waals surface area contributed by atoms with Crippen LogP contribution in [0.2, 0.25) is 0 Å². The summed E-state index contributed by atoms with van der Waals surface area (Å²) in [6.45, 7) is 8.74. The van der Waals surface area contributed by atoms with E-state index in [-0.39, 0.29) is 0 Å². The van der Waals surface area contributed by atoms with Crippen molar-refractivity contribution in [2.45, 2.75) is 40.5 Å². The summed E-state index contributed by atoms with van der Waals surface area (Å²) in [5, 5.41) is 17.3. The number of aliphatic carboxylic acids is 1. The summed E-state index contributed by atoms with van der Waals surface area (Å²) in [7, 11) is 0. The van der Waals surface area contributed by atoms with E-state index in [0.717, 1.165) is 24.2 Å². The first-order chi connectivity index (χ1) is 9.03. The molecule has 1 rings (SSSR count). The van der Waals surface area contributed by atoms with Crippen molar-refractivity contribution in [3.8, 4) is 0 Å². The lowest BCUT2D eigenvalue weighted by atomic mass is 10.2. The van der Waals surface area contributed by atoms with Gasteiger partial charge in [0.15, 0.2) is 0 Å². The highest BCUT2D eigenvalue weighted by Crippen LogP contribution is 2.12. The van der Waals surface area contributed by atoms with E-state index in [2.05, 4.69) is 15.2 Å². The average molecular weight is 266 g/mol. The molecule has 6 nitrogen and oxygen atoms in total. The number of rotatable bonds is 7. The predicted molar refractivity (Wildman–Crippen MR) is 73.3 cm³/mol. The lowest BCUT2D eigenvalue weighted by molar-refractivity contribution is -0.140. The highest BCUT2D eigenvalue weighted by Gasteiger charge is 2.18. The van der Waals surface area contributed by atoms with Crippen molar-refractivity contribution in [3.05, 3.63) is 11.4 Å². The van der Waals surface area contributed by atoms with Crippen LogP contribution >= 0.6 is 0 Å². The fourth-order valence-electron chi connectivity index (χ4n) is 1.82. The highest BCUT2D eigenvalue weighted by atomic mass is 16.4. The Bertz CT molecular complexity index is 437. The molecule has 19 heavy (non-hydrogen) atoms. The van der Waals surface area contributed by atoms with Gasteiger partial charge in [0, 0.05) is 13.1 Å². The molecule has 0 saturated carbocycles. The minimum atomic E-state index is -0.813. The summed E-state index contributed by atoms with van der Waals surface area (Å²) >= 11 is 0. The number of aromatic nitrogens is 3. The van der Waals surface area contributed by atoms with Crippen LogP contribution in [0.5, 0.6) is 0 Å². The SMILES string of the molecule is CCc1nnc(N(CC)CC(C)C(=O)O)nc1CC. The zero-order valence-electron chi connectivity index (χ0n) is 12.1. The molecule has 0 aromatic carbocycles. The smallest absolute Gasteiger partial charge is 0.308 e. The van der Waals surface area contributed by atoms with Crippen LogP contribution in [0.15, 0.2) is 0 Å². The Morgan fingerprint density at radius 3 is 2.32 bits per heavy atom. The third-order valence-electron chi connectivity index (χ3n) is 3.08. The van der Waals surface area contributed by atoms with E-state index >= 15 is 0 Å². The van der Waals surface area contributed by atoms with Crippen molar-refractivity contribution in [2.24, 2.45) is 5.92 Å². The standard InChI is InChI=1S/C13H22N4O2/c1-5-10-11(6-2)15-16-13(14-10)17(7-3)8-9(4)12(18)19/h9H,5-8H2,1-4H3,(H,18,19). The number of nitrogens with zero attached hydrogens (tertiary/aromatic N) is 4. The molecule has 6 heteroatoms. The fourth-order valence-corrected chi connectivity index (χ4v) is 1.82. The Labute approximate surface area is 113 Å². The van der Waals surface area contributed by atoms with Crippen molar-refractivity contribution in [1.82, 2.24) is 15.2 Å². The van der Waals surface area contributed by atoms with Gasteiger partial charge in [-0.25, -0.2) is 4.98 Å². The second-order valence-corrected chi connectivity index (χ2v) is 4.49. The Balaban J connectivity index is 2.95. The third kappa shape index (κ3) is 3.87. The Morgan fingerprint density at radius 2 is 1.84 bits per heavy atom. The molecular formula is C13H22N4O2. The van der Waals surface area contributed by atoms with E-state index in [1.165, 1.54) is 0 Å². The van der Waals surface area contributed by atoms with Gasteiger partial charge in [0.25, 0.3) is 0 Å². The van der Waals surface area contributed by atoms with Crippen LogP contribution in [-0.4, -0.2) is 39.3 Å². The first kappa shape index (κ1) is 15.3. The molecule has 0 aliphatic rings. The zero-order chi connectivity index (χ0) is 14.4. The number of hydrogen-bond donors (Lipinski definition) is 1. The van der Waals surface area contributed by atoms with Crippen LogP contribution in [0.3, 0.4) is 0 Å². The van der Waals surface area contributed by atoms with E-state index in [4.69, 9.17) is 5.11 Å². The maximum atomic E-state index is 10.9. The number of anilines is 1. The molecule has 106 valence electrons. The van der Waals surface area contributed by atoms with Crippen LogP contribution < -0.4 is 4.90 Å². The summed E-state index contributed by atoms with van der Waals surface area (Å²) in [5.41, 5.74) is 1.85. The van der Waals surface area contributed by atoms with Crippen molar-refractivity contribution >= 4 is 11.9 Å². The van der Waals surface area contributed by atoms with Crippen molar-refractivity contribution < 1.29 is 9.90 Å². The molecule has 1 aromatic heterocycles. The molecule has 1 unspecified atom stereocenters. The molecule has 1 N–H and O–H groups in total. The van der Waals surface area contributed by atoms with Gasteiger partial charge in [0.2, 0.25) is 5.95 Å². The van der Waals surface area contributed by atoms with Gasteiger partial charge in [-0.3, -0.25) is 4.79 Å². The van der Waals surface area contributed by atoms with Crippen LogP contribution in [0, 0.1) is 5.92 Å². The summed E-state index contributed by atoms with van der Waals surface area (Å²) in [6.07, 6.45) is 1.61. The Hall–Kier alpha value is -1.72. The summed E-state index contributed by atoms with van der Waals surface area (Å²) in [6, 6.07) is 0. The monoisotopic (exact) mass is 266 g/mol. The van der Waals surface area contributed by atoms with E-state index < -0.39 is 11.9 Å². The molecule has 0 spiro atoms. The molecule has 0 aliphatic heterocycles. The Kier molecular flexibility index (Phi) is 5.66. The zero-order valence-corrected chi connectivity index (χ0v) is 12.1.